The fraction of sp³-hybridized carbons (Fsp3) is 0.385. The molecule has 1 atom stereocenters. The second kappa shape index (κ2) is 8.10. The van der Waals surface area contributed by atoms with Gasteiger partial charge in [-0.3, -0.25) is 9.59 Å². The van der Waals surface area contributed by atoms with Crippen LogP contribution in [0.25, 0.3) is 5.76 Å². The number of carbonyl (C=O) groups excluding carboxylic acids is 2. The zero-order chi connectivity index (χ0) is 22.2. The maximum absolute atomic E-state index is 13.0. The quantitative estimate of drug-likeness (QED) is 0.419. The van der Waals surface area contributed by atoms with Crippen LogP contribution in [0.4, 0.5) is 0 Å². The number of benzene rings is 2. The monoisotopic (exact) mass is 405 g/mol. The van der Waals surface area contributed by atoms with Gasteiger partial charge in [-0.1, -0.05) is 64.1 Å². The Balaban J connectivity index is 2.17. The van der Waals surface area contributed by atoms with Crippen molar-refractivity contribution >= 4 is 17.4 Å². The topological polar surface area (TPSA) is 57.6 Å². The predicted octanol–water partition coefficient (Wildman–Crippen LogP) is 5.43. The molecule has 0 bridgehead atoms. The molecule has 1 saturated heterocycles. The lowest BCUT2D eigenvalue weighted by atomic mass is 9.85. The molecule has 1 unspecified atom stereocenters. The van der Waals surface area contributed by atoms with E-state index in [2.05, 4.69) is 20.8 Å². The van der Waals surface area contributed by atoms with Crippen LogP contribution in [0, 0.1) is 13.8 Å². The molecule has 0 spiro atoms. The number of hydrogen-bond acceptors (Lipinski definition) is 3. The summed E-state index contributed by atoms with van der Waals surface area (Å²) in [6.07, 6.45) is 0.729. The number of nitrogens with zero attached hydrogens (tertiary/aromatic N) is 1. The third-order valence-corrected chi connectivity index (χ3v) is 5.88. The molecule has 1 fully saturated rings. The first kappa shape index (κ1) is 21.8. The molecule has 3 rings (SSSR count). The standard InChI is InChI=1S/C26H31NO3/c1-7-14-27-22(18-10-12-20(13-11-18)26(4,5)6)21(24(29)25(27)30)23(28)19-9-8-16(2)17(3)15-19/h8-13,15,22,28H,7,14H2,1-6H3/b23-21-. The van der Waals surface area contributed by atoms with Crippen LogP contribution >= 0.6 is 0 Å². The molecule has 2 aromatic carbocycles. The zero-order valence-corrected chi connectivity index (χ0v) is 18.7. The van der Waals surface area contributed by atoms with Gasteiger partial charge in [0.25, 0.3) is 11.7 Å². The van der Waals surface area contributed by atoms with E-state index in [-0.39, 0.29) is 16.7 Å². The number of Topliss-reactive ketones (excluding diaryl/α,β-unsaturated/α-hetero) is 1. The number of aliphatic hydroxyl groups excluding tert-OH is 1. The van der Waals surface area contributed by atoms with Crippen LogP contribution in [0.3, 0.4) is 0 Å². The highest BCUT2D eigenvalue weighted by molar-refractivity contribution is 6.46. The van der Waals surface area contributed by atoms with Crippen LogP contribution in [-0.2, 0) is 15.0 Å². The molecule has 1 N–H and O–H groups in total. The third-order valence-electron chi connectivity index (χ3n) is 5.88. The van der Waals surface area contributed by atoms with E-state index in [9.17, 15) is 14.7 Å². The molecule has 30 heavy (non-hydrogen) atoms. The summed E-state index contributed by atoms with van der Waals surface area (Å²) in [6, 6.07) is 13.0. The Morgan fingerprint density at radius 2 is 1.63 bits per heavy atom. The Bertz CT molecular complexity index is 1010. The molecule has 0 saturated carbocycles. The van der Waals surface area contributed by atoms with Gasteiger partial charge in [0, 0.05) is 12.1 Å². The van der Waals surface area contributed by atoms with Gasteiger partial charge in [-0.05, 0) is 54.0 Å². The third kappa shape index (κ3) is 3.91. The highest BCUT2D eigenvalue weighted by atomic mass is 16.3. The molecule has 158 valence electrons. The number of hydrogen-bond donors (Lipinski definition) is 1. The second-order valence-corrected chi connectivity index (χ2v) is 9.16. The Morgan fingerprint density at radius 1 is 1.00 bits per heavy atom. The van der Waals surface area contributed by atoms with Gasteiger partial charge in [0.05, 0.1) is 11.6 Å². The van der Waals surface area contributed by atoms with Crippen molar-refractivity contribution in [3.63, 3.8) is 0 Å². The molecule has 0 radical (unpaired) electrons. The van der Waals surface area contributed by atoms with Gasteiger partial charge in [0.1, 0.15) is 5.76 Å². The van der Waals surface area contributed by atoms with Gasteiger partial charge in [-0.15, -0.1) is 0 Å². The molecule has 0 aliphatic carbocycles. The minimum absolute atomic E-state index is 0.00316. The summed E-state index contributed by atoms with van der Waals surface area (Å²) in [4.78, 5) is 27.3. The molecule has 1 aliphatic heterocycles. The van der Waals surface area contributed by atoms with Crippen molar-refractivity contribution in [1.82, 2.24) is 4.90 Å². The first-order valence-corrected chi connectivity index (χ1v) is 10.5. The number of aliphatic hydroxyl groups is 1. The number of carbonyl (C=O) groups is 2. The van der Waals surface area contributed by atoms with E-state index in [4.69, 9.17) is 0 Å². The highest BCUT2D eigenvalue weighted by Gasteiger charge is 2.45. The Morgan fingerprint density at radius 3 is 2.17 bits per heavy atom. The van der Waals surface area contributed by atoms with Crippen LogP contribution in [0.5, 0.6) is 0 Å². The molecule has 1 aliphatic rings. The van der Waals surface area contributed by atoms with E-state index >= 15 is 0 Å². The first-order chi connectivity index (χ1) is 14.1. The fourth-order valence-corrected chi connectivity index (χ4v) is 3.91. The van der Waals surface area contributed by atoms with Crippen molar-refractivity contribution < 1.29 is 14.7 Å². The first-order valence-electron chi connectivity index (χ1n) is 10.5. The minimum atomic E-state index is -0.621. The molecule has 1 amide bonds. The van der Waals surface area contributed by atoms with Crippen molar-refractivity contribution in [3.8, 4) is 0 Å². The predicted molar refractivity (Wildman–Crippen MR) is 120 cm³/mol. The van der Waals surface area contributed by atoms with Crippen LogP contribution in [0.2, 0.25) is 0 Å². The van der Waals surface area contributed by atoms with Gasteiger partial charge in [-0.2, -0.15) is 0 Å². The maximum Gasteiger partial charge on any atom is 0.295 e. The van der Waals surface area contributed by atoms with Crippen molar-refractivity contribution in [2.75, 3.05) is 6.54 Å². The summed E-state index contributed by atoms with van der Waals surface area (Å²) in [5, 5.41) is 11.1. The normalized spacial score (nSPS) is 18.9. The average Bonchev–Trinajstić information content (AvgIpc) is 2.94. The fourth-order valence-electron chi connectivity index (χ4n) is 3.91. The van der Waals surface area contributed by atoms with E-state index in [1.807, 2.05) is 57.2 Å². The lowest BCUT2D eigenvalue weighted by Crippen LogP contribution is -2.30. The van der Waals surface area contributed by atoms with Crippen LogP contribution in [0.15, 0.2) is 48.0 Å². The number of ketones is 1. The summed E-state index contributed by atoms with van der Waals surface area (Å²) in [5.74, 6) is -1.28. The largest absolute Gasteiger partial charge is 0.507 e. The van der Waals surface area contributed by atoms with Crippen molar-refractivity contribution in [2.24, 2.45) is 0 Å². The molecule has 0 aromatic heterocycles. The van der Waals surface area contributed by atoms with Gasteiger partial charge in [-0.25, -0.2) is 0 Å². The Hall–Kier alpha value is -2.88. The van der Waals surface area contributed by atoms with Crippen LogP contribution in [0.1, 0.15) is 68.0 Å². The molecular weight excluding hydrogens is 374 g/mol. The van der Waals surface area contributed by atoms with Crippen molar-refractivity contribution in [3.05, 3.63) is 75.9 Å². The smallest absolute Gasteiger partial charge is 0.295 e. The van der Waals surface area contributed by atoms with E-state index < -0.39 is 17.7 Å². The Kier molecular flexibility index (Phi) is 5.89. The lowest BCUT2D eigenvalue weighted by Gasteiger charge is -2.26. The average molecular weight is 406 g/mol. The van der Waals surface area contributed by atoms with E-state index in [1.54, 1.807) is 11.0 Å². The SMILES string of the molecule is CCCN1C(=O)C(=O)/C(=C(\O)c2ccc(C)c(C)c2)C1c1ccc(C(C)(C)C)cc1. The van der Waals surface area contributed by atoms with Gasteiger partial charge in [0.15, 0.2) is 0 Å². The van der Waals surface area contributed by atoms with Gasteiger partial charge in [0.2, 0.25) is 0 Å². The van der Waals surface area contributed by atoms with Crippen LogP contribution < -0.4 is 0 Å². The summed E-state index contributed by atoms with van der Waals surface area (Å²) in [5.41, 5.74) is 4.86. The van der Waals surface area contributed by atoms with E-state index in [0.717, 1.165) is 23.1 Å². The number of likely N-dealkylation sites (tertiary alicyclic amines) is 1. The number of amides is 1. The molecular formula is C26H31NO3. The van der Waals surface area contributed by atoms with E-state index in [1.165, 1.54) is 5.56 Å². The Labute approximate surface area is 179 Å². The summed E-state index contributed by atoms with van der Waals surface area (Å²) in [6.45, 7) is 12.8. The number of rotatable bonds is 4. The van der Waals surface area contributed by atoms with Gasteiger partial charge < -0.3 is 10.0 Å². The molecule has 2 aromatic rings. The second-order valence-electron chi connectivity index (χ2n) is 9.16. The minimum Gasteiger partial charge on any atom is -0.507 e. The summed E-state index contributed by atoms with van der Waals surface area (Å²) in [7, 11) is 0. The molecule has 4 nitrogen and oxygen atoms in total. The highest BCUT2D eigenvalue weighted by Crippen LogP contribution is 2.40. The summed E-state index contributed by atoms with van der Waals surface area (Å²) >= 11 is 0. The van der Waals surface area contributed by atoms with Gasteiger partial charge >= 0.3 is 0 Å². The zero-order valence-electron chi connectivity index (χ0n) is 18.7. The molecule has 1 heterocycles. The number of aryl methyl sites for hydroxylation is 2. The van der Waals surface area contributed by atoms with Crippen molar-refractivity contribution in [2.45, 2.75) is 59.4 Å². The van der Waals surface area contributed by atoms with Crippen molar-refractivity contribution in [1.29, 1.82) is 0 Å². The maximum atomic E-state index is 13.0. The lowest BCUT2D eigenvalue weighted by molar-refractivity contribution is -0.139. The molecule has 4 heteroatoms. The van der Waals surface area contributed by atoms with E-state index in [0.29, 0.717) is 12.1 Å². The summed E-state index contributed by atoms with van der Waals surface area (Å²) < 4.78 is 0. The van der Waals surface area contributed by atoms with Crippen LogP contribution in [-0.4, -0.2) is 28.2 Å².